The van der Waals surface area contributed by atoms with E-state index in [2.05, 4.69) is 13.8 Å². The molecule has 0 heterocycles. The number of carboxylic acids is 1. The van der Waals surface area contributed by atoms with Crippen LogP contribution in [0.4, 0.5) is 0 Å². The van der Waals surface area contributed by atoms with Gasteiger partial charge in [-0.25, -0.2) is 0 Å². The number of unbranched alkanes of at least 4 members (excludes halogenated alkanes) is 29. The number of ether oxygens (including phenoxy) is 1. The van der Waals surface area contributed by atoms with Crippen LogP contribution in [0.5, 0.6) is 0 Å². The number of aliphatic carboxylic acids is 1. The van der Waals surface area contributed by atoms with Crippen LogP contribution >= 0.6 is 0 Å². The number of carbonyl (C=O) groups excluding carboxylic acids is 1. The van der Waals surface area contributed by atoms with Crippen LogP contribution in [0.15, 0.2) is 0 Å². The number of carboxylic acid groups (broad SMARTS) is 1. The molecule has 45 heavy (non-hydrogen) atoms. The van der Waals surface area contributed by atoms with Crippen molar-refractivity contribution in [1.29, 1.82) is 0 Å². The molecular weight excluding hydrogens is 556 g/mol. The Balaban J connectivity index is 3.94. The van der Waals surface area contributed by atoms with Crippen LogP contribution in [0.2, 0.25) is 0 Å². The first kappa shape index (κ1) is 43.9. The summed E-state index contributed by atoms with van der Waals surface area (Å²) in [5.41, 5.74) is 0. The summed E-state index contributed by atoms with van der Waals surface area (Å²) >= 11 is 0. The fourth-order valence-electron chi connectivity index (χ4n) is 6.54. The third-order valence-electron chi connectivity index (χ3n) is 9.58. The molecule has 0 saturated carbocycles. The van der Waals surface area contributed by atoms with Gasteiger partial charge in [0.15, 0.2) is 0 Å². The largest absolute Gasteiger partial charge is 0.481 e. The van der Waals surface area contributed by atoms with Gasteiger partial charge in [0, 0.05) is 12.8 Å². The predicted molar refractivity (Wildman–Crippen MR) is 195 cm³/mol. The minimum Gasteiger partial charge on any atom is -0.481 e. The second-order valence-electron chi connectivity index (χ2n) is 14.2. The molecule has 0 bridgehead atoms. The summed E-state index contributed by atoms with van der Waals surface area (Å²) in [5.74, 6) is -0.687. The van der Waals surface area contributed by atoms with Crippen molar-refractivity contribution in [3.8, 4) is 0 Å². The molecule has 268 valence electrons. The Labute approximate surface area is 282 Å². The Morgan fingerprint density at radius 2 is 0.667 bits per heavy atom. The van der Waals surface area contributed by atoms with Crippen molar-refractivity contribution in [2.45, 2.75) is 251 Å². The van der Waals surface area contributed by atoms with E-state index < -0.39 is 5.97 Å². The molecule has 1 atom stereocenters. The van der Waals surface area contributed by atoms with Gasteiger partial charge in [0.1, 0.15) is 6.10 Å². The Morgan fingerprint density at radius 1 is 0.400 bits per heavy atom. The standard InChI is InChI=1S/C41H80O4/c1-3-5-7-9-11-13-15-16-17-18-19-21-23-25-30-34-38-41(44)45-39(36-32-28-26-29-33-37-40(42)43)35-31-27-24-22-20-14-12-10-8-6-4-2/h39H,3-38H2,1-2H3,(H,42,43). The van der Waals surface area contributed by atoms with Crippen molar-refractivity contribution < 1.29 is 19.4 Å². The molecule has 4 nitrogen and oxygen atoms in total. The molecule has 0 fully saturated rings. The SMILES string of the molecule is CCCCCCCCCCCCCCCCCCC(=O)OC(CCCCCCCCCCCCC)CCCCCCCC(=O)O. The van der Waals surface area contributed by atoms with Crippen molar-refractivity contribution in [2.75, 3.05) is 0 Å². The van der Waals surface area contributed by atoms with Crippen LogP contribution in [0.1, 0.15) is 245 Å². The summed E-state index contributed by atoms with van der Waals surface area (Å²) in [4.78, 5) is 23.4. The smallest absolute Gasteiger partial charge is 0.306 e. The molecule has 0 aromatic rings. The Kier molecular flexibility index (Phi) is 36.5. The predicted octanol–water partition coefficient (Wildman–Crippen LogP) is 14.1. The van der Waals surface area contributed by atoms with Crippen LogP contribution in [-0.4, -0.2) is 23.1 Å². The highest BCUT2D eigenvalue weighted by molar-refractivity contribution is 5.69. The van der Waals surface area contributed by atoms with Crippen molar-refractivity contribution >= 4 is 11.9 Å². The van der Waals surface area contributed by atoms with Crippen molar-refractivity contribution in [1.82, 2.24) is 0 Å². The lowest BCUT2D eigenvalue weighted by Crippen LogP contribution is -2.18. The van der Waals surface area contributed by atoms with Gasteiger partial charge in [0.05, 0.1) is 0 Å². The van der Waals surface area contributed by atoms with Gasteiger partial charge in [-0.05, 0) is 38.5 Å². The number of hydrogen-bond acceptors (Lipinski definition) is 3. The third-order valence-corrected chi connectivity index (χ3v) is 9.58. The van der Waals surface area contributed by atoms with Gasteiger partial charge < -0.3 is 9.84 Å². The summed E-state index contributed by atoms with van der Waals surface area (Å²) in [7, 11) is 0. The average Bonchev–Trinajstić information content (AvgIpc) is 3.02. The minimum atomic E-state index is -0.696. The van der Waals surface area contributed by atoms with E-state index >= 15 is 0 Å². The molecule has 0 aliphatic heterocycles. The van der Waals surface area contributed by atoms with E-state index in [0.717, 1.165) is 64.2 Å². The van der Waals surface area contributed by atoms with Gasteiger partial charge >= 0.3 is 11.9 Å². The van der Waals surface area contributed by atoms with E-state index in [4.69, 9.17) is 9.84 Å². The van der Waals surface area contributed by atoms with E-state index in [0.29, 0.717) is 6.42 Å². The number of esters is 1. The number of rotatable bonds is 38. The number of hydrogen-bond donors (Lipinski definition) is 1. The second kappa shape index (κ2) is 37.4. The van der Waals surface area contributed by atoms with Gasteiger partial charge in [-0.3, -0.25) is 9.59 Å². The van der Waals surface area contributed by atoms with Crippen LogP contribution in [0.3, 0.4) is 0 Å². The van der Waals surface area contributed by atoms with E-state index in [1.54, 1.807) is 0 Å². The molecule has 1 unspecified atom stereocenters. The Bertz CT molecular complexity index is 604. The molecule has 0 aliphatic rings. The zero-order chi connectivity index (χ0) is 32.9. The van der Waals surface area contributed by atoms with Crippen molar-refractivity contribution in [3.05, 3.63) is 0 Å². The molecule has 1 N–H and O–H groups in total. The first-order valence-corrected chi connectivity index (χ1v) is 20.5. The van der Waals surface area contributed by atoms with Crippen molar-refractivity contribution in [2.24, 2.45) is 0 Å². The molecular formula is C41H80O4. The lowest BCUT2D eigenvalue weighted by atomic mass is 10.0. The van der Waals surface area contributed by atoms with Crippen molar-refractivity contribution in [3.63, 3.8) is 0 Å². The van der Waals surface area contributed by atoms with Gasteiger partial charge in [-0.2, -0.15) is 0 Å². The van der Waals surface area contributed by atoms with Gasteiger partial charge in [0.2, 0.25) is 0 Å². The highest BCUT2D eigenvalue weighted by atomic mass is 16.5. The Hall–Kier alpha value is -1.06. The topological polar surface area (TPSA) is 63.6 Å². The zero-order valence-electron chi connectivity index (χ0n) is 30.7. The maximum absolute atomic E-state index is 12.7. The maximum Gasteiger partial charge on any atom is 0.306 e. The lowest BCUT2D eigenvalue weighted by molar-refractivity contribution is -0.150. The first-order valence-electron chi connectivity index (χ1n) is 20.5. The molecule has 0 amide bonds. The van der Waals surface area contributed by atoms with Gasteiger partial charge in [-0.1, -0.05) is 194 Å². The van der Waals surface area contributed by atoms with Crippen LogP contribution in [-0.2, 0) is 14.3 Å². The summed E-state index contributed by atoms with van der Waals surface area (Å²) < 4.78 is 6.01. The summed E-state index contributed by atoms with van der Waals surface area (Å²) in [6, 6.07) is 0. The molecule has 0 aliphatic carbocycles. The fraction of sp³-hybridized carbons (Fsp3) is 0.951. The van der Waals surface area contributed by atoms with Crippen LogP contribution in [0, 0.1) is 0 Å². The highest BCUT2D eigenvalue weighted by Gasteiger charge is 2.14. The van der Waals surface area contributed by atoms with Gasteiger partial charge in [0.25, 0.3) is 0 Å². The van der Waals surface area contributed by atoms with E-state index in [9.17, 15) is 9.59 Å². The lowest BCUT2D eigenvalue weighted by Gasteiger charge is -2.18. The highest BCUT2D eigenvalue weighted by Crippen LogP contribution is 2.19. The summed E-state index contributed by atoms with van der Waals surface area (Å²) in [5, 5.41) is 8.82. The second-order valence-corrected chi connectivity index (χ2v) is 14.2. The molecule has 0 aromatic carbocycles. The average molecular weight is 637 g/mol. The molecule has 0 rings (SSSR count). The quantitative estimate of drug-likeness (QED) is 0.0541. The first-order chi connectivity index (χ1) is 22.1. The minimum absolute atomic E-state index is 0.00916. The Morgan fingerprint density at radius 3 is 0.978 bits per heavy atom. The molecule has 0 spiro atoms. The normalized spacial score (nSPS) is 12.0. The van der Waals surface area contributed by atoms with Crippen LogP contribution < -0.4 is 0 Å². The van der Waals surface area contributed by atoms with Crippen LogP contribution in [0.25, 0.3) is 0 Å². The molecule has 4 heteroatoms. The zero-order valence-corrected chi connectivity index (χ0v) is 30.7. The van der Waals surface area contributed by atoms with E-state index in [-0.39, 0.29) is 18.5 Å². The number of carbonyl (C=O) groups is 2. The third kappa shape index (κ3) is 37.3. The maximum atomic E-state index is 12.7. The van der Waals surface area contributed by atoms with Gasteiger partial charge in [-0.15, -0.1) is 0 Å². The summed E-state index contributed by atoms with van der Waals surface area (Å²) in [6.45, 7) is 4.56. The monoisotopic (exact) mass is 637 g/mol. The summed E-state index contributed by atoms with van der Waals surface area (Å²) in [6.07, 6.45) is 44.1. The van der Waals surface area contributed by atoms with E-state index in [1.807, 2.05) is 0 Å². The molecule has 0 saturated heterocycles. The molecule has 0 radical (unpaired) electrons. The fourth-order valence-corrected chi connectivity index (χ4v) is 6.54. The molecule has 0 aromatic heterocycles. The van der Waals surface area contributed by atoms with E-state index in [1.165, 1.54) is 154 Å².